The zero-order valence-electron chi connectivity index (χ0n) is 9.95. The number of halogens is 1. The maximum Gasteiger partial charge on any atom is 0.127 e. The lowest BCUT2D eigenvalue weighted by atomic mass is 10.0. The Morgan fingerprint density at radius 2 is 2.29 bits per heavy atom. The summed E-state index contributed by atoms with van der Waals surface area (Å²) >= 11 is 0. The van der Waals surface area contributed by atoms with Crippen molar-refractivity contribution in [3.05, 3.63) is 29.6 Å². The van der Waals surface area contributed by atoms with Gasteiger partial charge in [-0.15, -0.1) is 0 Å². The molecule has 0 bridgehead atoms. The molecule has 4 heteroatoms. The Bertz CT molecular complexity index is 363. The first-order valence-corrected chi connectivity index (χ1v) is 5.97. The maximum atomic E-state index is 13.0. The van der Waals surface area contributed by atoms with Crippen molar-refractivity contribution < 1.29 is 14.2 Å². The van der Waals surface area contributed by atoms with Crippen LogP contribution in [0.5, 0.6) is 5.75 Å². The third-order valence-corrected chi connectivity index (χ3v) is 3.02. The van der Waals surface area contributed by atoms with E-state index in [-0.39, 0.29) is 11.9 Å². The number of phenolic OH excluding ortho intramolecular Hbond substituents is 1. The average Bonchev–Trinajstić information content (AvgIpc) is 2.25. The minimum Gasteiger partial charge on any atom is -0.508 e. The van der Waals surface area contributed by atoms with Gasteiger partial charge >= 0.3 is 0 Å². The molecule has 0 aliphatic carbocycles. The largest absolute Gasteiger partial charge is 0.508 e. The lowest BCUT2D eigenvalue weighted by Gasteiger charge is -2.28. The molecule has 2 unspecified atom stereocenters. The van der Waals surface area contributed by atoms with E-state index in [1.807, 2.05) is 0 Å². The van der Waals surface area contributed by atoms with Crippen molar-refractivity contribution in [3.63, 3.8) is 0 Å². The van der Waals surface area contributed by atoms with Gasteiger partial charge in [-0.1, -0.05) is 0 Å². The summed E-state index contributed by atoms with van der Waals surface area (Å²) in [5.74, 6) is -0.427. The van der Waals surface area contributed by atoms with Gasteiger partial charge in [0.15, 0.2) is 0 Å². The van der Waals surface area contributed by atoms with Gasteiger partial charge in [0.25, 0.3) is 0 Å². The lowest BCUT2D eigenvalue weighted by Crippen LogP contribution is -2.37. The number of hydrogen-bond donors (Lipinski definition) is 2. The van der Waals surface area contributed by atoms with Gasteiger partial charge in [-0.25, -0.2) is 4.39 Å². The number of benzene rings is 1. The third kappa shape index (κ3) is 3.68. The predicted octanol–water partition coefficient (Wildman–Crippen LogP) is 2.19. The van der Waals surface area contributed by atoms with Crippen molar-refractivity contribution in [1.82, 2.24) is 5.32 Å². The molecule has 2 N–H and O–H groups in total. The van der Waals surface area contributed by atoms with E-state index in [4.69, 9.17) is 4.74 Å². The van der Waals surface area contributed by atoms with Crippen LogP contribution in [0.4, 0.5) is 4.39 Å². The maximum absolute atomic E-state index is 13.0. The molecule has 17 heavy (non-hydrogen) atoms. The van der Waals surface area contributed by atoms with E-state index in [1.165, 1.54) is 6.07 Å². The molecule has 1 aromatic carbocycles. The average molecular weight is 239 g/mol. The normalized spacial score (nSPS) is 24.8. The summed E-state index contributed by atoms with van der Waals surface area (Å²) < 4.78 is 18.5. The smallest absolute Gasteiger partial charge is 0.127 e. The molecule has 1 fully saturated rings. The Kier molecular flexibility index (Phi) is 3.97. The fourth-order valence-electron chi connectivity index (χ4n) is 2.18. The first kappa shape index (κ1) is 12.3. The quantitative estimate of drug-likeness (QED) is 0.849. The van der Waals surface area contributed by atoms with Crippen molar-refractivity contribution >= 4 is 0 Å². The monoisotopic (exact) mass is 239 g/mol. The Hall–Kier alpha value is -1.13. The highest BCUT2D eigenvalue weighted by Gasteiger charge is 2.18. The second kappa shape index (κ2) is 5.47. The van der Waals surface area contributed by atoms with Crippen molar-refractivity contribution in [3.8, 4) is 5.75 Å². The Morgan fingerprint density at radius 3 is 3.00 bits per heavy atom. The van der Waals surface area contributed by atoms with Crippen molar-refractivity contribution in [2.45, 2.75) is 38.5 Å². The number of hydrogen-bond acceptors (Lipinski definition) is 3. The van der Waals surface area contributed by atoms with Crippen molar-refractivity contribution in [2.75, 3.05) is 6.61 Å². The van der Waals surface area contributed by atoms with E-state index in [0.717, 1.165) is 31.1 Å². The zero-order chi connectivity index (χ0) is 12.3. The summed E-state index contributed by atoms with van der Waals surface area (Å²) in [5, 5.41) is 12.7. The van der Waals surface area contributed by atoms with Gasteiger partial charge < -0.3 is 15.2 Å². The van der Waals surface area contributed by atoms with Crippen LogP contribution in [0, 0.1) is 5.82 Å². The highest BCUT2D eigenvalue weighted by Crippen LogP contribution is 2.17. The number of nitrogens with one attached hydrogen (secondary N) is 1. The minimum absolute atomic E-state index is 0.0258. The molecule has 94 valence electrons. The van der Waals surface area contributed by atoms with Crippen LogP contribution in [0.2, 0.25) is 0 Å². The number of ether oxygens (including phenoxy) is 1. The number of aromatic hydroxyl groups is 1. The third-order valence-electron chi connectivity index (χ3n) is 3.02. The predicted molar refractivity (Wildman–Crippen MR) is 63.3 cm³/mol. The van der Waals surface area contributed by atoms with Crippen LogP contribution in [0.1, 0.15) is 25.3 Å². The lowest BCUT2D eigenvalue weighted by molar-refractivity contribution is 0.0130. The molecule has 1 aliphatic heterocycles. The SMILES string of the molecule is CC1CC(NCc2cc(O)cc(F)c2)CCO1. The van der Waals surface area contributed by atoms with E-state index in [1.54, 1.807) is 6.07 Å². The van der Waals surface area contributed by atoms with Crippen LogP contribution in [-0.4, -0.2) is 23.9 Å². The molecule has 0 aromatic heterocycles. The molecular formula is C13H18FNO2. The van der Waals surface area contributed by atoms with E-state index in [9.17, 15) is 9.50 Å². The Balaban J connectivity index is 1.88. The second-order valence-corrected chi connectivity index (χ2v) is 4.60. The first-order valence-electron chi connectivity index (χ1n) is 5.97. The molecule has 1 heterocycles. The first-order chi connectivity index (χ1) is 8.13. The molecule has 1 aromatic rings. The zero-order valence-corrected chi connectivity index (χ0v) is 9.95. The molecule has 1 aliphatic rings. The van der Waals surface area contributed by atoms with Crippen LogP contribution in [0.15, 0.2) is 18.2 Å². The summed E-state index contributed by atoms with van der Waals surface area (Å²) in [4.78, 5) is 0. The van der Waals surface area contributed by atoms with E-state index >= 15 is 0 Å². The van der Waals surface area contributed by atoms with Crippen LogP contribution in [0.25, 0.3) is 0 Å². The van der Waals surface area contributed by atoms with Gasteiger partial charge in [0.05, 0.1) is 6.10 Å². The van der Waals surface area contributed by atoms with Crippen molar-refractivity contribution in [2.24, 2.45) is 0 Å². The van der Waals surface area contributed by atoms with E-state index < -0.39 is 5.82 Å². The summed E-state index contributed by atoms with van der Waals surface area (Å²) in [6.07, 6.45) is 2.23. The molecule has 0 amide bonds. The van der Waals surface area contributed by atoms with Gasteiger partial charge in [0.2, 0.25) is 0 Å². The fraction of sp³-hybridized carbons (Fsp3) is 0.538. The van der Waals surface area contributed by atoms with Crippen LogP contribution >= 0.6 is 0 Å². The van der Waals surface area contributed by atoms with Gasteiger partial charge in [0.1, 0.15) is 11.6 Å². The fourth-order valence-corrected chi connectivity index (χ4v) is 2.18. The van der Waals surface area contributed by atoms with Gasteiger partial charge in [-0.3, -0.25) is 0 Å². The summed E-state index contributed by atoms with van der Waals surface area (Å²) in [6, 6.07) is 4.54. The molecular weight excluding hydrogens is 221 g/mol. The topological polar surface area (TPSA) is 41.5 Å². The van der Waals surface area contributed by atoms with Crippen LogP contribution in [-0.2, 0) is 11.3 Å². The molecule has 0 saturated carbocycles. The van der Waals surface area contributed by atoms with Gasteiger partial charge in [-0.2, -0.15) is 0 Å². The molecule has 2 rings (SSSR count). The van der Waals surface area contributed by atoms with Gasteiger partial charge in [-0.05, 0) is 37.5 Å². The molecule has 0 spiro atoms. The van der Waals surface area contributed by atoms with Gasteiger partial charge in [0, 0.05) is 25.3 Å². The van der Waals surface area contributed by atoms with Crippen molar-refractivity contribution in [1.29, 1.82) is 0 Å². The number of rotatable bonds is 3. The summed E-state index contributed by atoms with van der Waals surface area (Å²) in [7, 11) is 0. The Labute approximate surface area is 101 Å². The highest BCUT2D eigenvalue weighted by atomic mass is 19.1. The summed E-state index contributed by atoms with van der Waals surface area (Å²) in [5.41, 5.74) is 0.765. The highest BCUT2D eigenvalue weighted by molar-refractivity contribution is 5.28. The molecule has 3 nitrogen and oxygen atoms in total. The standard InChI is InChI=1S/C13H18FNO2/c1-9-4-12(2-3-17-9)15-8-10-5-11(14)7-13(16)6-10/h5-7,9,12,15-16H,2-4,8H2,1H3. The minimum atomic E-state index is -0.401. The second-order valence-electron chi connectivity index (χ2n) is 4.60. The molecule has 0 radical (unpaired) electrons. The number of phenols is 1. The van der Waals surface area contributed by atoms with E-state index in [2.05, 4.69) is 12.2 Å². The van der Waals surface area contributed by atoms with E-state index in [0.29, 0.717) is 12.6 Å². The molecule has 1 saturated heterocycles. The molecule has 2 atom stereocenters. The Morgan fingerprint density at radius 1 is 1.47 bits per heavy atom. The van der Waals surface area contributed by atoms with Crippen LogP contribution < -0.4 is 5.32 Å². The summed E-state index contributed by atoms with van der Waals surface area (Å²) in [6.45, 7) is 3.40. The van der Waals surface area contributed by atoms with Crippen LogP contribution in [0.3, 0.4) is 0 Å².